The molecule has 1 aromatic heterocycles. The monoisotopic (exact) mass is 289 g/mol. The summed E-state index contributed by atoms with van der Waals surface area (Å²) < 4.78 is 6.94. The smallest absolute Gasteiger partial charge is 0.211 e. The Morgan fingerprint density at radius 3 is 2.81 bits per heavy atom. The van der Waals surface area contributed by atoms with Gasteiger partial charge in [0.05, 0.1) is 12.1 Å². The van der Waals surface area contributed by atoms with Gasteiger partial charge < -0.3 is 20.2 Å². The molecule has 0 aliphatic carbocycles. The van der Waals surface area contributed by atoms with E-state index in [2.05, 4.69) is 10.3 Å². The van der Waals surface area contributed by atoms with Crippen molar-refractivity contribution in [3.63, 3.8) is 0 Å². The molecule has 21 heavy (non-hydrogen) atoms. The summed E-state index contributed by atoms with van der Waals surface area (Å²) in [7, 11) is 1.74. The zero-order valence-electron chi connectivity index (χ0n) is 12.5. The van der Waals surface area contributed by atoms with E-state index < -0.39 is 0 Å². The number of aromatic nitrogens is 1. The quantitative estimate of drug-likeness (QED) is 0.884. The molecule has 1 aliphatic rings. The maximum Gasteiger partial charge on any atom is 0.211 e. The number of aromatic hydroxyl groups is 1. The van der Waals surface area contributed by atoms with Crippen LogP contribution in [0.5, 0.6) is 5.88 Å². The molecule has 5 heteroatoms. The largest absolute Gasteiger partial charge is 0.493 e. The summed E-state index contributed by atoms with van der Waals surface area (Å²) >= 11 is 0. The van der Waals surface area contributed by atoms with Crippen LogP contribution in [0.4, 0.5) is 0 Å². The summed E-state index contributed by atoms with van der Waals surface area (Å²) in [5.41, 5.74) is 4.48. The third-order valence-corrected chi connectivity index (χ3v) is 4.20. The van der Waals surface area contributed by atoms with Crippen LogP contribution in [-0.4, -0.2) is 54.1 Å². The Bertz CT molecular complexity index is 588. The van der Waals surface area contributed by atoms with Gasteiger partial charge in [0.25, 0.3) is 0 Å². The Kier molecular flexibility index (Phi) is 4.31. The average molecular weight is 289 g/mol. The molecular formula is C16H23N3O2. The van der Waals surface area contributed by atoms with E-state index in [0.717, 1.165) is 50.0 Å². The maximum absolute atomic E-state index is 10.1. The van der Waals surface area contributed by atoms with Gasteiger partial charge in [0.15, 0.2) is 0 Å². The summed E-state index contributed by atoms with van der Waals surface area (Å²) in [6.07, 6.45) is 2.16. The first-order valence-corrected chi connectivity index (χ1v) is 7.55. The summed E-state index contributed by atoms with van der Waals surface area (Å²) in [5, 5.41) is 11.2. The molecule has 5 nitrogen and oxygen atoms in total. The number of ether oxygens (including phenoxy) is 1. The Balaban J connectivity index is 1.63. The predicted octanol–water partition coefficient (Wildman–Crippen LogP) is 2.00. The van der Waals surface area contributed by atoms with Crippen LogP contribution in [0, 0.1) is 0 Å². The predicted molar refractivity (Wildman–Crippen MR) is 84.3 cm³/mol. The van der Waals surface area contributed by atoms with Gasteiger partial charge >= 0.3 is 0 Å². The van der Waals surface area contributed by atoms with Crippen LogP contribution < -0.4 is 5.43 Å². The molecule has 2 heterocycles. The second-order valence-electron chi connectivity index (χ2n) is 5.63. The Morgan fingerprint density at radius 2 is 2.05 bits per heavy atom. The molecular weight excluding hydrogens is 266 g/mol. The van der Waals surface area contributed by atoms with E-state index in [1.165, 1.54) is 0 Å². The summed E-state index contributed by atoms with van der Waals surface area (Å²) in [6.45, 7) is 3.93. The summed E-state index contributed by atoms with van der Waals surface area (Å²) in [4.78, 5) is 2.43. The Hall–Kier alpha value is -1.72. The Morgan fingerprint density at radius 1 is 1.29 bits per heavy atom. The zero-order valence-corrected chi connectivity index (χ0v) is 12.5. The van der Waals surface area contributed by atoms with Crippen LogP contribution in [-0.2, 0) is 4.74 Å². The number of fused-ring (bicyclic) bond motifs is 1. The topological polar surface area (TPSA) is 49.7 Å². The molecule has 0 saturated carbocycles. The fourth-order valence-electron chi connectivity index (χ4n) is 2.96. The minimum absolute atomic E-state index is 0.276. The highest BCUT2D eigenvalue weighted by Gasteiger charge is 2.20. The fourth-order valence-corrected chi connectivity index (χ4v) is 2.96. The summed E-state index contributed by atoms with van der Waals surface area (Å²) in [5.74, 6) is 0.276. The zero-order chi connectivity index (χ0) is 14.7. The van der Waals surface area contributed by atoms with Gasteiger partial charge in [0, 0.05) is 44.2 Å². The lowest BCUT2D eigenvalue weighted by Gasteiger charge is -2.33. The maximum atomic E-state index is 10.1. The van der Waals surface area contributed by atoms with Crippen molar-refractivity contribution >= 4 is 10.9 Å². The molecule has 1 fully saturated rings. The van der Waals surface area contributed by atoms with Gasteiger partial charge in [-0.2, -0.15) is 0 Å². The number of nitrogens with one attached hydrogen (secondary N) is 1. The molecule has 1 aliphatic heterocycles. The van der Waals surface area contributed by atoms with E-state index >= 15 is 0 Å². The van der Waals surface area contributed by atoms with E-state index in [9.17, 15) is 5.11 Å². The average Bonchev–Trinajstić information content (AvgIpc) is 2.83. The molecule has 2 aromatic rings. The third kappa shape index (κ3) is 3.14. The molecule has 0 atom stereocenters. The lowest BCUT2D eigenvalue weighted by atomic mass is 10.1. The molecule has 0 spiro atoms. The molecule has 0 amide bonds. The minimum Gasteiger partial charge on any atom is -0.493 e. The molecule has 0 radical (unpaired) electrons. The van der Waals surface area contributed by atoms with E-state index in [1.807, 2.05) is 28.9 Å². The van der Waals surface area contributed by atoms with Crippen LogP contribution in [0.3, 0.4) is 0 Å². The highest BCUT2D eigenvalue weighted by molar-refractivity contribution is 5.82. The lowest BCUT2D eigenvalue weighted by molar-refractivity contribution is 0.131. The summed E-state index contributed by atoms with van der Waals surface area (Å²) in [6, 6.07) is 10.2. The minimum atomic E-state index is 0.276. The number of piperidine rings is 1. The van der Waals surface area contributed by atoms with Crippen LogP contribution >= 0.6 is 0 Å². The van der Waals surface area contributed by atoms with Crippen molar-refractivity contribution in [1.82, 2.24) is 9.58 Å². The van der Waals surface area contributed by atoms with Crippen LogP contribution in [0.2, 0.25) is 0 Å². The number of benzene rings is 1. The van der Waals surface area contributed by atoms with Gasteiger partial charge in [0.1, 0.15) is 0 Å². The fraction of sp³-hybridized carbons (Fsp3) is 0.500. The van der Waals surface area contributed by atoms with Crippen molar-refractivity contribution < 1.29 is 9.84 Å². The number of nitrogens with zero attached hydrogens (tertiary/aromatic N) is 2. The molecule has 1 saturated heterocycles. The number of likely N-dealkylation sites (tertiary alicyclic amines) is 1. The van der Waals surface area contributed by atoms with E-state index in [4.69, 9.17) is 4.74 Å². The first kappa shape index (κ1) is 14.2. The SMILES string of the molecule is COCCN1CCC(Nn2c(O)cc3ccccc32)CC1. The second-order valence-corrected chi connectivity index (χ2v) is 5.63. The van der Waals surface area contributed by atoms with Gasteiger partial charge in [-0.15, -0.1) is 0 Å². The van der Waals surface area contributed by atoms with Gasteiger partial charge in [-0.1, -0.05) is 18.2 Å². The van der Waals surface area contributed by atoms with Crippen LogP contribution in [0.25, 0.3) is 10.9 Å². The highest BCUT2D eigenvalue weighted by atomic mass is 16.5. The number of hydrogen-bond acceptors (Lipinski definition) is 4. The lowest BCUT2D eigenvalue weighted by Crippen LogP contribution is -2.42. The van der Waals surface area contributed by atoms with Gasteiger partial charge in [-0.25, -0.2) is 4.68 Å². The Labute approximate surface area is 125 Å². The normalized spacial score (nSPS) is 17.4. The van der Waals surface area contributed by atoms with Crippen molar-refractivity contribution in [2.75, 3.05) is 38.8 Å². The van der Waals surface area contributed by atoms with E-state index in [1.54, 1.807) is 13.2 Å². The molecule has 1 aromatic carbocycles. The molecule has 114 valence electrons. The van der Waals surface area contributed by atoms with Crippen molar-refractivity contribution in [3.05, 3.63) is 30.3 Å². The van der Waals surface area contributed by atoms with Crippen molar-refractivity contribution in [2.45, 2.75) is 18.9 Å². The van der Waals surface area contributed by atoms with E-state index in [0.29, 0.717) is 6.04 Å². The number of hydrogen-bond donors (Lipinski definition) is 2. The number of para-hydroxylation sites is 1. The number of rotatable bonds is 5. The van der Waals surface area contributed by atoms with Crippen LogP contribution in [0.1, 0.15) is 12.8 Å². The van der Waals surface area contributed by atoms with Crippen molar-refractivity contribution in [1.29, 1.82) is 0 Å². The molecule has 3 rings (SSSR count). The molecule has 0 bridgehead atoms. The van der Waals surface area contributed by atoms with Gasteiger partial charge in [0.2, 0.25) is 5.88 Å². The first-order chi connectivity index (χ1) is 10.3. The standard InChI is InChI=1S/C16H23N3O2/c1-21-11-10-18-8-6-14(7-9-18)17-19-15-5-3-2-4-13(15)12-16(19)20/h2-5,12,14,17,20H,6-11H2,1H3. The third-order valence-electron chi connectivity index (χ3n) is 4.20. The molecule has 2 N–H and O–H groups in total. The van der Waals surface area contributed by atoms with Crippen LogP contribution in [0.15, 0.2) is 30.3 Å². The van der Waals surface area contributed by atoms with Crippen molar-refractivity contribution in [2.24, 2.45) is 0 Å². The second kappa shape index (κ2) is 6.37. The number of methoxy groups -OCH3 is 1. The van der Waals surface area contributed by atoms with Crippen molar-refractivity contribution in [3.8, 4) is 5.88 Å². The van der Waals surface area contributed by atoms with Gasteiger partial charge in [-0.3, -0.25) is 0 Å². The molecule has 0 unspecified atom stereocenters. The van der Waals surface area contributed by atoms with Gasteiger partial charge in [-0.05, 0) is 18.9 Å². The van der Waals surface area contributed by atoms with E-state index in [-0.39, 0.29) is 5.88 Å². The first-order valence-electron chi connectivity index (χ1n) is 7.55. The highest BCUT2D eigenvalue weighted by Crippen LogP contribution is 2.24.